The largest absolute Gasteiger partial charge is 0.453 e. The number of halogens is 2. The minimum absolute atomic E-state index is 0.0190. The van der Waals surface area contributed by atoms with Gasteiger partial charge in [0.05, 0.1) is 22.3 Å². The fourth-order valence-electron chi connectivity index (χ4n) is 10.1. The summed E-state index contributed by atoms with van der Waals surface area (Å²) in [5.41, 5.74) is 3.68. The number of benzene rings is 4. The summed E-state index contributed by atoms with van der Waals surface area (Å²) in [5.74, 6) is -1.44. The third-order valence-electron chi connectivity index (χ3n) is 13.8. The van der Waals surface area contributed by atoms with Crippen molar-refractivity contribution in [3.63, 3.8) is 0 Å². The van der Waals surface area contributed by atoms with Crippen molar-refractivity contribution >= 4 is 50.2 Å². The number of hydrogen-bond donors (Lipinski definition) is 2. The number of alkyl halides is 1. The molecule has 0 saturated carbocycles. The molecule has 67 heavy (non-hydrogen) atoms. The molecular weight excluding hydrogens is 885 g/mol. The molecular formula is C48H47F2N9O7S. The SMILES string of the molecule is N#Cc1c(NS(=O)(=O)N2CC[C@@H](F)C2)ccc(F)c1Oc1ccc2ncn(-c3ccc(C4CCN(CC5CCN(c6ccc7c(c6)CN([C@H]6CCC(=O)NC6=O)C7=O)CC5)C4)cc3)c(=O)c2c1. The maximum absolute atomic E-state index is 15.2. The summed E-state index contributed by atoms with van der Waals surface area (Å²) in [5, 5.41) is 12.5. The Morgan fingerprint density at radius 1 is 0.881 bits per heavy atom. The molecule has 5 aliphatic rings. The van der Waals surface area contributed by atoms with Crippen LogP contribution in [-0.2, 0) is 26.3 Å². The number of ether oxygens (including phenoxy) is 1. The Hall–Kier alpha value is -6.75. The molecule has 6 heterocycles. The lowest BCUT2D eigenvalue weighted by atomic mass is 9.95. The van der Waals surface area contributed by atoms with Crippen molar-refractivity contribution in [2.24, 2.45) is 5.92 Å². The first-order chi connectivity index (χ1) is 32.3. The van der Waals surface area contributed by atoms with E-state index < -0.39 is 51.0 Å². The van der Waals surface area contributed by atoms with Crippen LogP contribution < -0.4 is 25.2 Å². The maximum atomic E-state index is 15.2. The van der Waals surface area contributed by atoms with Crippen molar-refractivity contribution < 1.29 is 36.3 Å². The van der Waals surface area contributed by atoms with Gasteiger partial charge in [-0.25, -0.2) is 13.8 Å². The van der Waals surface area contributed by atoms with Crippen LogP contribution in [-0.4, -0.2) is 108 Å². The Kier molecular flexibility index (Phi) is 11.7. The molecule has 0 spiro atoms. The van der Waals surface area contributed by atoms with Gasteiger partial charge in [-0.15, -0.1) is 0 Å². The fourth-order valence-corrected chi connectivity index (χ4v) is 11.4. The van der Waals surface area contributed by atoms with Crippen LogP contribution in [0.4, 0.5) is 20.2 Å². The van der Waals surface area contributed by atoms with E-state index in [0.717, 1.165) is 79.7 Å². The van der Waals surface area contributed by atoms with Crippen molar-refractivity contribution in [3.8, 4) is 23.3 Å². The van der Waals surface area contributed by atoms with Crippen LogP contribution in [0.1, 0.15) is 71.5 Å². The van der Waals surface area contributed by atoms with Gasteiger partial charge in [0, 0.05) is 63.5 Å². The molecule has 0 aliphatic carbocycles. The summed E-state index contributed by atoms with van der Waals surface area (Å²) in [7, 11) is -4.24. The molecule has 346 valence electrons. The number of hydrogen-bond acceptors (Lipinski definition) is 11. The zero-order valence-electron chi connectivity index (χ0n) is 36.4. The standard InChI is InChI=1S/C48H47F2N9O7S/c49-33-16-20-57(27-33)67(64,65)54-42-10-8-40(50)45(39(42)23-51)66-36-6-9-41-38(22-36)48(63)59(28-52-41)34-3-1-30(2-4-34)31-15-17-55(25-31)24-29-13-18-56(19-14-29)35-5-7-37-32(21-35)26-58(47(37)62)43-11-12-44(60)53-46(43)61/h1-10,21-22,28-29,31,33,43,54H,11-20,24-27H2,(H,53,60,61)/t31?,33-,43+/m1/s1. The highest BCUT2D eigenvalue weighted by molar-refractivity contribution is 7.90. The number of aromatic nitrogens is 2. The smallest absolute Gasteiger partial charge is 0.301 e. The van der Waals surface area contributed by atoms with E-state index in [-0.39, 0.29) is 54.6 Å². The maximum Gasteiger partial charge on any atom is 0.301 e. The molecule has 4 aromatic carbocycles. The van der Waals surface area contributed by atoms with Crippen LogP contribution in [0.2, 0.25) is 0 Å². The van der Waals surface area contributed by atoms with Gasteiger partial charge in [0.15, 0.2) is 11.6 Å². The van der Waals surface area contributed by atoms with Crippen LogP contribution in [0.5, 0.6) is 11.5 Å². The van der Waals surface area contributed by atoms with Crippen LogP contribution >= 0.6 is 0 Å². The lowest BCUT2D eigenvalue weighted by molar-refractivity contribution is -0.136. The molecule has 16 nitrogen and oxygen atoms in total. The van der Waals surface area contributed by atoms with E-state index >= 15 is 4.39 Å². The van der Waals surface area contributed by atoms with E-state index in [1.54, 1.807) is 11.0 Å². The van der Waals surface area contributed by atoms with E-state index in [4.69, 9.17) is 4.74 Å². The van der Waals surface area contributed by atoms with E-state index in [1.165, 1.54) is 34.7 Å². The van der Waals surface area contributed by atoms with Gasteiger partial charge in [0.1, 0.15) is 35.9 Å². The first-order valence-corrected chi connectivity index (χ1v) is 23.9. The van der Waals surface area contributed by atoms with E-state index in [2.05, 4.69) is 30.9 Å². The van der Waals surface area contributed by atoms with E-state index in [9.17, 15) is 37.2 Å². The van der Waals surface area contributed by atoms with Crippen LogP contribution in [0, 0.1) is 23.1 Å². The monoisotopic (exact) mass is 931 g/mol. The first kappa shape index (κ1) is 44.1. The molecule has 19 heteroatoms. The second-order valence-electron chi connectivity index (χ2n) is 18.0. The van der Waals surface area contributed by atoms with Crippen molar-refractivity contribution in [2.75, 3.05) is 55.4 Å². The number of imide groups is 1. The molecule has 5 aromatic rings. The van der Waals surface area contributed by atoms with Gasteiger partial charge in [-0.2, -0.15) is 18.0 Å². The van der Waals surface area contributed by atoms with Gasteiger partial charge < -0.3 is 19.4 Å². The van der Waals surface area contributed by atoms with Gasteiger partial charge in [-0.3, -0.25) is 33.8 Å². The number of rotatable bonds is 11. The van der Waals surface area contributed by atoms with Crippen molar-refractivity contribution in [2.45, 2.75) is 63.2 Å². The Labute approximate surface area is 384 Å². The molecule has 1 aromatic heterocycles. The lowest BCUT2D eigenvalue weighted by Crippen LogP contribution is -2.52. The summed E-state index contributed by atoms with van der Waals surface area (Å²) < 4.78 is 65.2. The normalized spacial score (nSPS) is 21.7. The minimum Gasteiger partial charge on any atom is -0.453 e. The molecule has 10 rings (SSSR count). The zero-order chi connectivity index (χ0) is 46.6. The number of carbonyl (C=O) groups is 3. The summed E-state index contributed by atoms with van der Waals surface area (Å²) in [6.45, 7) is 4.75. The quantitative estimate of drug-likeness (QED) is 0.162. The van der Waals surface area contributed by atoms with Crippen LogP contribution in [0.25, 0.3) is 16.6 Å². The second-order valence-corrected chi connectivity index (χ2v) is 19.6. The molecule has 4 fully saturated rings. The Morgan fingerprint density at radius 3 is 2.42 bits per heavy atom. The highest BCUT2D eigenvalue weighted by Gasteiger charge is 2.40. The van der Waals surface area contributed by atoms with Gasteiger partial charge in [-0.05, 0) is 122 Å². The van der Waals surface area contributed by atoms with E-state index in [0.29, 0.717) is 41.6 Å². The third-order valence-corrected chi connectivity index (χ3v) is 15.3. The average Bonchev–Trinajstić information content (AvgIpc) is 4.07. The summed E-state index contributed by atoms with van der Waals surface area (Å²) >= 11 is 0. The minimum atomic E-state index is -4.24. The summed E-state index contributed by atoms with van der Waals surface area (Å²) in [4.78, 5) is 62.2. The number of nitriles is 1. The van der Waals surface area contributed by atoms with Gasteiger partial charge in [-0.1, -0.05) is 12.1 Å². The Balaban J connectivity index is 0.751. The topological polar surface area (TPSA) is 190 Å². The number of carbonyl (C=O) groups excluding carboxylic acids is 3. The first-order valence-electron chi connectivity index (χ1n) is 22.5. The predicted octanol–water partition coefficient (Wildman–Crippen LogP) is 5.36. The van der Waals surface area contributed by atoms with Gasteiger partial charge in [0.2, 0.25) is 11.8 Å². The van der Waals surface area contributed by atoms with Crippen LogP contribution in [0.15, 0.2) is 83.9 Å². The average molecular weight is 932 g/mol. The zero-order valence-corrected chi connectivity index (χ0v) is 37.2. The number of fused-ring (bicyclic) bond motifs is 2. The van der Waals surface area contributed by atoms with Crippen molar-refractivity contribution in [3.05, 3.63) is 118 Å². The molecule has 1 unspecified atom stereocenters. The Morgan fingerprint density at radius 2 is 1.67 bits per heavy atom. The molecule has 5 aliphatic heterocycles. The lowest BCUT2D eigenvalue weighted by Gasteiger charge is -2.35. The third kappa shape index (κ3) is 8.72. The second kappa shape index (κ2) is 17.8. The van der Waals surface area contributed by atoms with Gasteiger partial charge in [0.25, 0.3) is 11.5 Å². The Bertz CT molecular complexity index is 3030. The molecule has 3 amide bonds. The number of amides is 3. The molecule has 3 atom stereocenters. The molecule has 0 bridgehead atoms. The summed E-state index contributed by atoms with van der Waals surface area (Å²) in [6, 6.07) is 21.4. The number of nitrogens with zero attached hydrogens (tertiary/aromatic N) is 7. The van der Waals surface area contributed by atoms with Crippen molar-refractivity contribution in [1.29, 1.82) is 5.26 Å². The van der Waals surface area contributed by atoms with Gasteiger partial charge >= 0.3 is 10.2 Å². The van der Waals surface area contributed by atoms with Crippen molar-refractivity contribution in [1.82, 2.24) is 29.0 Å². The van der Waals surface area contributed by atoms with E-state index in [1.807, 2.05) is 36.4 Å². The predicted molar refractivity (Wildman–Crippen MR) is 243 cm³/mol. The number of anilines is 2. The number of piperidine rings is 2. The van der Waals surface area contributed by atoms with Crippen LogP contribution in [0.3, 0.4) is 0 Å². The molecule has 2 N–H and O–H groups in total. The molecule has 0 radical (unpaired) electrons. The number of nitrogens with one attached hydrogen (secondary N) is 2. The molecule has 4 saturated heterocycles. The highest BCUT2D eigenvalue weighted by Crippen LogP contribution is 2.36. The summed E-state index contributed by atoms with van der Waals surface area (Å²) in [6.07, 6.45) is 3.86. The number of likely N-dealkylation sites (tertiary alicyclic amines) is 1. The highest BCUT2D eigenvalue weighted by atomic mass is 32.2. The fraction of sp³-hybridized carbons (Fsp3) is 0.375.